The zero-order valence-corrected chi connectivity index (χ0v) is 36.0. The predicted molar refractivity (Wildman–Crippen MR) is 219 cm³/mol. The summed E-state index contributed by atoms with van der Waals surface area (Å²) in [6.07, 6.45) is -4.86. The Morgan fingerprint density at radius 3 is 1.34 bits per heavy atom. The Hall–Kier alpha value is -3.63. The number of carbonyl (C=O) groups is 2. The molecule has 0 aliphatic rings. The van der Waals surface area contributed by atoms with E-state index in [4.69, 9.17) is 56.8 Å². The number of benzene rings is 2. The second-order valence-electron chi connectivity index (χ2n) is 13.9. The Kier molecular flexibility index (Phi) is 28.9. The summed E-state index contributed by atoms with van der Waals surface area (Å²) in [6, 6.07) is 11.1. The molecule has 0 aliphatic heterocycles. The summed E-state index contributed by atoms with van der Waals surface area (Å²) in [7, 11) is 1.67. The maximum atomic E-state index is 13.1. The Balaban J connectivity index is 1.26. The molecule has 61 heavy (non-hydrogen) atoms. The minimum Gasteiger partial charge on any atom is -0.460 e. The third kappa shape index (κ3) is 28.6. The molecular weight excluding hydrogens is 813 g/mol. The number of alkyl halides is 3. The number of amides is 1. The normalized spacial score (nSPS) is 11.8. The van der Waals surface area contributed by atoms with Crippen LogP contribution in [0.25, 0.3) is 0 Å². The second kappa shape index (κ2) is 33.0. The number of nitrogens with zero attached hydrogens (tertiary/aromatic N) is 1. The van der Waals surface area contributed by atoms with Gasteiger partial charge in [-0.2, -0.15) is 13.2 Å². The molecule has 348 valence electrons. The number of carbonyl (C=O) groups excluding carboxylic acids is 2. The highest BCUT2D eigenvalue weighted by Gasteiger charge is 2.30. The summed E-state index contributed by atoms with van der Waals surface area (Å²) in [6.45, 7) is 14.1. The summed E-state index contributed by atoms with van der Waals surface area (Å²) < 4.78 is 104. The van der Waals surface area contributed by atoms with Crippen molar-refractivity contribution in [1.29, 1.82) is 0 Å². The van der Waals surface area contributed by atoms with Crippen LogP contribution in [-0.4, -0.2) is 175 Å². The molecule has 0 atom stereocenters. The van der Waals surface area contributed by atoms with E-state index in [0.29, 0.717) is 138 Å². The van der Waals surface area contributed by atoms with Crippen molar-refractivity contribution in [3.8, 4) is 0 Å². The van der Waals surface area contributed by atoms with Gasteiger partial charge in [-0.3, -0.25) is 0 Å². The van der Waals surface area contributed by atoms with Gasteiger partial charge in [-0.15, -0.1) is 0 Å². The van der Waals surface area contributed by atoms with Crippen LogP contribution in [0.15, 0.2) is 48.5 Å². The number of anilines is 2. The van der Waals surface area contributed by atoms with Gasteiger partial charge in [0.2, 0.25) is 0 Å². The monoisotopic (exact) mass is 878 g/mol. The summed E-state index contributed by atoms with van der Waals surface area (Å²) in [5.41, 5.74) is -0.635. The summed E-state index contributed by atoms with van der Waals surface area (Å²) in [5, 5.41) is 2.86. The molecule has 0 heterocycles. The molecule has 1 N–H and O–H groups in total. The first-order valence-electron chi connectivity index (χ1n) is 20.3. The highest BCUT2D eigenvalue weighted by molar-refractivity contribution is 5.96. The highest BCUT2D eigenvalue weighted by Crippen LogP contribution is 2.32. The van der Waals surface area contributed by atoms with Crippen molar-refractivity contribution in [1.82, 2.24) is 4.90 Å². The molecule has 0 spiro atoms. The maximum absolute atomic E-state index is 13.1. The van der Waals surface area contributed by atoms with Crippen LogP contribution < -0.4 is 5.32 Å². The van der Waals surface area contributed by atoms with E-state index in [1.165, 1.54) is 23.1 Å². The van der Waals surface area contributed by atoms with Gasteiger partial charge < -0.3 is 67.1 Å². The van der Waals surface area contributed by atoms with Crippen LogP contribution in [0.4, 0.5) is 29.3 Å². The molecule has 0 fully saturated rings. The summed E-state index contributed by atoms with van der Waals surface area (Å²) >= 11 is 0. The first-order valence-corrected chi connectivity index (χ1v) is 20.3. The molecule has 0 saturated carbocycles. The molecule has 0 aliphatic carbocycles. The van der Waals surface area contributed by atoms with Gasteiger partial charge in [0, 0.05) is 19.3 Å². The standard InChI is InChI=1S/C42H65F3N2O14/c1-41(2,3)61-40(49)47(4)12-13-50-14-15-51-16-17-52-18-19-53-20-21-54-22-23-55-24-25-56-26-27-57-28-29-58-30-31-59-32-33-60-39(48)37-10-5-6-11-38(37)46-36-9-7-8-35(34-36)42(43,44)45/h5-11,34,46H,12-33H2,1-4H3. The molecule has 2 aromatic carbocycles. The Bertz CT molecular complexity index is 1430. The van der Waals surface area contributed by atoms with Crippen LogP contribution in [0.3, 0.4) is 0 Å². The SMILES string of the molecule is CN(CCOCCOCCOCCOCCOCCOCCOCCOCCOCCOCCOC(=O)c1ccccc1Nc1cccc(C(F)(F)F)c1)C(=O)OC(C)(C)C. The van der Waals surface area contributed by atoms with E-state index in [1.54, 1.807) is 25.2 Å². The average molecular weight is 879 g/mol. The van der Waals surface area contributed by atoms with Gasteiger partial charge in [-0.05, 0) is 51.1 Å². The molecule has 2 aromatic rings. The third-order valence-corrected chi connectivity index (χ3v) is 7.70. The number of likely N-dealkylation sites (N-methyl/N-ethyl adjacent to an activating group) is 1. The number of nitrogens with one attached hydrogen (secondary N) is 1. The van der Waals surface area contributed by atoms with Crippen molar-refractivity contribution >= 4 is 23.4 Å². The lowest BCUT2D eigenvalue weighted by Crippen LogP contribution is -2.36. The van der Waals surface area contributed by atoms with E-state index >= 15 is 0 Å². The number of para-hydroxylation sites is 1. The maximum Gasteiger partial charge on any atom is 0.416 e. The van der Waals surface area contributed by atoms with E-state index in [1.807, 2.05) is 20.8 Å². The van der Waals surface area contributed by atoms with Crippen LogP contribution in [0.2, 0.25) is 0 Å². The number of hydrogen-bond donors (Lipinski definition) is 1. The number of rotatable bonds is 36. The molecule has 16 nitrogen and oxygen atoms in total. The van der Waals surface area contributed by atoms with Gasteiger partial charge in [0.05, 0.1) is 149 Å². The lowest BCUT2D eigenvalue weighted by molar-refractivity contribution is -0.137. The third-order valence-electron chi connectivity index (χ3n) is 7.70. The molecule has 0 saturated heterocycles. The molecular formula is C42H65F3N2O14. The fraction of sp³-hybridized carbons (Fsp3) is 0.667. The summed E-state index contributed by atoms with van der Waals surface area (Å²) in [5.74, 6) is -0.634. The van der Waals surface area contributed by atoms with E-state index < -0.39 is 23.3 Å². The van der Waals surface area contributed by atoms with Crippen molar-refractivity contribution in [2.75, 3.05) is 158 Å². The van der Waals surface area contributed by atoms with Gasteiger partial charge in [-0.25, -0.2) is 9.59 Å². The van der Waals surface area contributed by atoms with E-state index in [2.05, 4.69) is 5.32 Å². The zero-order valence-electron chi connectivity index (χ0n) is 36.0. The lowest BCUT2D eigenvalue weighted by Gasteiger charge is -2.24. The number of ether oxygens (including phenoxy) is 12. The van der Waals surface area contributed by atoms with Gasteiger partial charge in [0.15, 0.2) is 0 Å². The van der Waals surface area contributed by atoms with Crippen LogP contribution >= 0.6 is 0 Å². The van der Waals surface area contributed by atoms with Crippen molar-refractivity contribution in [3.05, 3.63) is 59.7 Å². The molecule has 0 unspecified atom stereocenters. The van der Waals surface area contributed by atoms with Crippen molar-refractivity contribution in [2.45, 2.75) is 32.5 Å². The quantitative estimate of drug-likeness (QED) is 0.0662. The smallest absolute Gasteiger partial charge is 0.416 e. The molecule has 19 heteroatoms. The van der Waals surface area contributed by atoms with Crippen molar-refractivity contribution in [2.24, 2.45) is 0 Å². The first-order chi connectivity index (χ1) is 29.4. The number of hydrogen-bond acceptors (Lipinski definition) is 15. The van der Waals surface area contributed by atoms with Crippen LogP contribution in [0.5, 0.6) is 0 Å². The van der Waals surface area contributed by atoms with Gasteiger partial charge >= 0.3 is 18.2 Å². The molecule has 0 bridgehead atoms. The van der Waals surface area contributed by atoms with E-state index in [-0.39, 0.29) is 30.6 Å². The van der Waals surface area contributed by atoms with Gasteiger partial charge in [0.1, 0.15) is 12.2 Å². The molecule has 2 rings (SSSR count). The average Bonchev–Trinajstić information content (AvgIpc) is 3.21. The second-order valence-corrected chi connectivity index (χ2v) is 13.9. The Morgan fingerprint density at radius 1 is 0.541 bits per heavy atom. The van der Waals surface area contributed by atoms with E-state index in [9.17, 15) is 22.8 Å². The van der Waals surface area contributed by atoms with Gasteiger partial charge in [0.25, 0.3) is 0 Å². The van der Waals surface area contributed by atoms with Crippen molar-refractivity contribution in [3.63, 3.8) is 0 Å². The fourth-order valence-electron chi connectivity index (χ4n) is 4.68. The largest absolute Gasteiger partial charge is 0.460 e. The lowest BCUT2D eigenvalue weighted by atomic mass is 10.1. The Morgan fingerprint density at radius 2 is 0.934 bits per heavy atom. The minimum absolute atomic E-state index is 0.00848. The van der Waals surface area contributed by atoms with Gasteiger partial charge in [-0.1, -0.05) is 18.2 Å². The number of esters is 1. The number of halogens is 3. The van der Waals surface area contributed by atoms with Crippen molar-refractivity contribution < 1.29 is 79.6 Å². The fourth-order valence-corrected chi connectivity index (χ4v) is 4.68. The Labute approximate surface area is 357 Å². The van der Waals surface area contributed by atoms with Crippen LogP contribution in [-0.2, 0) is 63.0 Å². The molecule has 1 amide bonds. The minimum atomic E-state index is -4.48. The zero-order chi connectivity index (χ0) is 44.4. The predicted octanol–water partition coefficient (Wildman–Crippen LogP) is 5.64. The molecule has 0 aromatic heterocycles. The van der Waals surface area contributed by atoms with Crippen LogP contribution in [0.1, 0.15) is 36.7 Å². The topological polar surface area (TPSA) is 160 Å². The van der Waals surface area contributed by atoms with E-state index in [0.717, 1.165) is 12.1 Å². The van der Waals surface area contributed by atoms with Crippen LogP contribution in [0, 0.1) is 0 Å². The first kappa shape index (κ1) is 53.5. The highest BCUT2D eigenvalue weighted by atomic mass is 19.4. The summed E-state index contributed by atoms with van der Waals surface area (Å²) in [4.78, 5) is 26.0. The molecule has 0 radical (unpaired) electrons.